The number of anilines is 1. The summed E-state index contributed by atoms with van der Waals surface area (Å²) >= 11 is 0. The number of aromatic nitrogens is 1. The number of carbonyl (C=O) groups is 2. The Balaban J connectivity index is 1.94. The third kappa shape index (κ3) is 2.18. The van der Waals surface area contributed by atoms with Crippen LogP contribution in [0.4, 0.5) is 5.82 Å². The summed E-state index contributed by atoms with van der Waals surface area (Å²) in [5.41, 5.74) is 1.12. The fourth-order valence-electron chi connectivity index (χ4n) is 1.58. The molecule has 1 fully saturated rings. The van der Waals surface area contributed by atoms with Crippen LogP contribution in [0.2, 0.25) is 0 Å². The molecule has 0 aromatic carbocycles. The predicted octanol–water partition coefficient (Wildman–Crippen LogP) is 0.328. The highest BCUT2D eigenvalue weighted by molar-refractivity contribution is 6.02. The largest absolute Gasteiger partial charge is 0.274 e. The number of imide groups is 1. The maximum atomic E-state index is 11.3. The van der Waals surface area contributed by atoms with Gasteiger partial charge in [-0.3, -0.25) is 14.9 Å². The van der Waals surface area contributed by atoms with Crippen molar-refractivity contribution in [3.8, 4) is 0 Å². The van der Waals surface area contributed by atoms with Crippen LogP contribution in [0.15, 0.2) is 18.3 Å². The molecule has 5 heteroatoms. The van der Waals surface area contributed by atoms with Gasteiger partial charge in [0.15, 0.2) is 6.67 Å². The van der Waals surface area contributed by atoms with E-state index in [1.165, 1.54) is 4.90 Å². The minimum atomic E-state index is -0.107. The predicted molar refractivity (Wildman–Crippen MR) is 57.3 cm³/mol. The van der Waals surface area contributed by atoms with Crippen molar-refractivity contribution < 1.29 is 14.6 Å². The third-order valence-corrected chi connectivity index (χ3v) is 2.55. The molecule has 1 aromatic heterocycles. The van der Waals surface area contributed by atoms with E-state index >= 15 is 0 Å². The van der Waals surface area contributed by atoms with Crippen molar-refractivity contribution in [2.45, 2.75) is 19.8 Å². The Bertz CT molecular complexity index is 398. The van der Waals surface area contributed by atoms with Crippen molar-refractivity contribution in [2.75, 3.05) is 12.0 Å². The van der Waals surface area contributed by atoms with Crippen molar-refractivity contribution in [1.29, 1.82) is 0 Å². The maximum absolute atomic E-state index is 11.3. The summed E-state index contributed by atoms with van der Waals surface area (Å²) in [4.78, 5) is 26.9. The average Bonchev–Trinajstić information content (AvgIpc) is 2.59. The first-order valence-electron chi connectivity index (χ1n) is 5.22. The Hall–Kier alpha value is -1.91. The number of hydrogen-bond donors (Lipinski definition) is 1. The molecule has 2 amide bonds. The molecule has 1 aliphatic rings. The highest BCUT2D eigenvalue weighted by Crippen LogP contribution is 2.11. The molecule has 5 nitrogen and oxygen atoms in total. The number of aromatic amines is 1. The zero-order valence-electron chi connectivity index (χ0n) is 9.12. The molecule has 84 valence electrons. The van der Waals surface area contributed by atoms with Crippen molar-refractivity contribution in [3.05, 3.63) is 23.9 Å². The monoisotopic (exact) mass is 220 g/mol. The van der Waals surface area contributed by atoms with E-state index in [1.807, 2.05) is 25.3 Å². The van der Waals surface area contributed by atoms with Crippen LogP contribution in [-0.4, -0.2) is 23.4 Å². The van der Waals surface area contributed by atoms with Gasteiger partial charge >= 0.3 is 0 Å². The molecule has 16 heavy (non-hydrogen) atoms. The van der Waals surface area contributed by atoms with Gasteiger partial charge in [0.2, 0.25) is 11.8 Å². The molecular weight excluding hydrogens is 206 g/mol. The standard InChI is InChI=1S/C11H13N3O2/c1-8-2-3-9(12-6-8)13-7-14-10(15)4-5-11(14)16/h2-3,6H,4-5,7H2,1H3,(H,12,13)/p+1. The van der Waals surface area contributed by atoms with E-state index < -0.39 is 0 Å². The summed E-state index contributed by atoms with van der Waals surface area (Å²) < 4.78 is 0. The van der Waals surface area contributed by atoms with Gasteiger partial charge in [-0.05, 0) is 18.6 Å². The number of nitrogens with zero attached hydrogens (tertiary/aromatic N) is 1. The van der Waals surface area contributed by atoms with Crippen molar-refractivity contribution in [2.24, 2.45) is 0 Å². The van der Waals surface area contributed by atoms with E-state index in [-0.39, 0.29) is 18.5 Å². The number of hydrogen-bond acceptors (Lipinski definition) is 3. The van der Waals surface area contributed by atoms with Crippen molar-refractivity contribution in [3.63, 3.8) is 0 Å². The van der Waals surface area contributed by atoms with Crippen LogP contribution in [0, 0.1) is 6.92 Å². The number of H-pyrrole nitrogens is 1. The summed E-state index contributed by atoms with van der Waals surface area (Å²) in [6.45, 7) is 2.21. The summed E-state index contributed by atoms with van der Waals surface area (Å²) in [6.07, 6.45) is 2.52. The Morgan fingerprint density at radius 2 is 2.00 bits per heavy atom. The fraction of sp³-hybridized carbons (Fsp3) is 0.364. The van der Waals surface area contributed by atoms with E-state index in [4.69, 9.17) is 0 Å². The first-order chi connectivity index (χ1) is 7.66. The Morgan fingerprint density at radius 1 is 1.31 bits per heavy atom. The van der Waals surface area contributed by atoms with Crippen LogP contribution in [0.25, 0.3) is 0 Å². The molecule has 1 aromatic rings. The summed E-state index contributed by atoms with van der Waals surface area (Å²) in [5.74, 6) is 0.576. The summed E-state index contributed by atoms with van der Waals surface area (Å²) in [5, 5.41) is 3.00. The van der Waals surface area contributed by atoms with E-state index in [9.17, 15) is 9.59 Å². The SMILES string of the molecule is Cc1ccc(NCN2C(=O)CCC2=O)[nH+]c1. The third-order valence-electron chi connectivity index (χ3n) is 2.55. The lowest BCUT2D eigenvalue weighted by Gasteiger charge is -2.10. The number of pyridine rings is 1. The number of amides is 2. The minimum Gasteiger partial charge on any atom is -0.274 e. The van der Waals surface area contributed by atoms with Crippen LogP contribution in [0.5, 0.6) is 0 Å². The van der Waals surface area contributed by atoms with Gasteiger partial charge in [-0.25, -0.2) is 9.88 Å². The zero-order chi connectivity index (χ0) is 11.5. The molecule has 0 saturated carbocycles. The van der Waals surface area contributed by atoms with Crippen LogP contribution >= 0.6 is 0 Å². The molecule has 0 unspecified atom stereocenters. The quantitative estimate of drug-likeness (QED) is 0.746. The van der Waals surface area contributed by atoms with Gasteiger partial charge in [0, 0.05) is 18.9 Å². The Labute approximate surface area is 93.5 Å². The molecule has 2 N–H and O–H groups in total. The summed E-state index contributed by atoms with van der Waals surface area (Å²) in [6, 6.07) is 3.83. The molecule has 1 saturated heterocycles. The van der Waals surface area contributed by atoms with E-state index in [0.29, 0.717) is 12.8 Å². The van der Waals surface area contributed by atoms with Crippen LogP contribution in [0.1, 0.15) is 18.4 Å². The molecule has 2 rings (SSSR count). The molecule has 0 bridgehead atoms. The molecule has 0 radical (unpaired) electrons. The summed E-state index contributed by atoms with van der Waals surface area (Å²) in [7, 11) is 0. The molecule has 0 spiro atoms. The lowest BCUT2D eigenvalue weighted by molar-refractivity contribution is -0.361. The lowest BCUT2D eigenvalue weighted by Crippen LogP contribution is -2.35. The fourth-order valence-corrected chi connectivity index (χ4v) is 1.58. The second-order valence-electron chi connectivity index (χ2n) is 3.83. The van der Waals surface area contributed by atoms with Crippen molar-refractivity contribution >= 4 is 17.6 Å². The topological polar surface area (TPSA) is 63.6 Å². The van der Waals surface area contributed by atoms with E-state index in [1.54, 1.807) is 0 Å². The number of rotatable bonds is 3. The normalized spacial score (nSPS) is 15.7. The van der Waals surface area contributed by atoms with Gasteiger partial charge in [-0.2, -0.15) is 0 Å². The highest BCUT2D eigenvalue weighted by Gasteiger charge is 2.29. The molecule has 2 heterocycles. The second kappa shape index (κ2) is 4.30. The molecular formula is C11H14N3O2+. The van der Waals surface area contributed by atoms with Gasteiger partial charge in [-0.1, -0.05) is 0 Å². The van der Waals surface area contributed by atoms with E-state index in [2.05, 4.69) is 10.3 Å². The number of likely N-dealkylation sites (tertiary alicyclic amines) is 1. The first-order valence-corrected chi connectivity index (χ1v) is 5.22. The first kappa shape index (κ1) is 10.6. The minimum absolute atomic E-state index is 0.107. The second-order valence-corrected chi connectivity index (χ2v) is 3.83. The number of aryl methyl sites for hydroxylation is 1. The van der Waals surface area contributed by atoms with Gasteiger partial charge < -0.3 is 0 Å². The Kier molecular flexibility index (Phi) is 2.85. The van der Waals surface area contributed by atoms with Crippen LogP contribution in [0.3, 0.4) is 0 Å². The van der Waals surface area contributed by atoms with Crippen LogP contribution < -0.4 is 10.3 Å². The van der Waals surface area contributed by atoms with Crippen molar-refractivity contribution in [1.82, 2.24) is 4.90 Å². The van der Waals surface area contributed by atoms with E-state index in [0.717, 1.165) is 11.4 Å². The molecule has 1 aliphatic heterocycles. The van der Waals surface area contributed by atoms with Crippen LogP contribution in [-0.2, 0) is 9.59 Å². The average molecular weight is 220 g/mol. The lowest BCUT2D eigenvalue weighted by atomic mass is 10.3. The number of nitrogens with one attached hydrogen (secondary N) is 2. The zero-order valence-corrected chi connectivity index (χ0v) is 9.12. The molecule has 0 aliphatic carbocycles. The van der Waals surface area contributed by atoms with Gasteiger partial charge in [-0.15, -0.1) is 0 Å². The van der Waals surface area contributed by atoms with Gasteiger partial charge in [0.25, 0.3) is 5.82 Å². The maximum Gasteiger partial charge on any atom is 0.273 e. The smallest absolute Gasteiger partial charge is 0.273 e. The molecule has 0 atom stereocenters. The Morgan fingerprint density at radius 3 is 2.56 bits per heavy atom. The van der Waals surface area contributed by atoms with Gasteiger partial charge in [0.05, 0.1) is 6.20 Å². The van der Waals surface area contributed by atoms with Gasteiger partial charge in [0.1, 0.15) is 0 Å². The number of carbonyl (C=O) groups excluding carboxylic acids is 2. The highest BCUT2D eigenvalue weighted by atomic mass is 16.2.